The molecule has 0 N–H and O–H groups in total. The monoisotopic (exact) mass is 311 g/mol. The van der Waals surface area contributed by atoms with Crippen molar-refractivity contribution in [3.63, 3.8) is 0 Å². The number of ketones is 1. The van der Waals surface area contributed by atoms with Gasteiger partial charge < -0.3 is 0 Å². The van der Waals surface area contributed by atoms with Crippen molar-refractivity contribution in [2.75, 3.05) is 14.1 Å². The van der Waals surface area contributed by atoms with Crippen molar-refractivity contribution < 1.29 is 9.18 Å². The van der Waals surface area contributed by atoms with Gasteiger partial charge in [-0.1, -0.05) is 24.6 Å². The highest BCUT2D eigenvalue weighted by atomic mass is 35.5. The van der Waals surface area contributed by atoms with Crippen LogP contribution in [0, 0.1) is 11.7 Å². The summed E-state index contributed by atoms with van der Waals surface area (Å²) >= 11 is 5.76. The zero-order valence-corrected chi connectivity index (χ0v) is 13.7. The van der Waals surface area contributed by atoms with Crippen LogP contribution in [0.1, 0.15) is 38.2 Å². The van der Waals surface area contributed by atoms with Crippen LogP contribution in [0.25, 0.3) is 0 Å². The number of hydrogen-bond acceptors (Lipinski definition) is 2. The molecule has 0 aromatic heterocycles. The van der Waals surface area contributed by atoms with E-state index in [9.17, 15) is 9.18 Å². The van der Waals surface area contributed by atoms with Crippen molar-refractivity contribution in [3.8, 4) is 0 Å². The summed E-state index contributed by atoms with van der Waals surface area (Å²) in [4.78, 5) is 14.9. The van der Waals surface area contributed by atoms with Gasteiger partial charge in [0, 0.05) is 11.4 Å². The fourth-order valence-electron chi connectivity index (χ4n) is 3.22. The molecule has 1 aliphatic rings. The van der Waals surface area contributed by atoms with Crippen molar-refractivity contribution in [2.24, 2.45) is 5.92 Å². The smallest absolute Gasteiger partial charge is 0.157 e. The Morgan fingerprint density at radius 3 is 2.52 bits per heavy atom. The van der Waals surface area contributed by atoms with E-state index in [0.29, 0.717) is 16.5 Å². The predicted octanol–water partition coefficient (Wildman–Crippen LogP) is 4.10. The molecule has 0 radical (unpaired) electrons. The van der Waals surface area contributed by atoms with E-state index >= 15 is 0 Å². The number of hydrogen-bond donors (Lipinski definition) is 0. The van der Waals surface area contributed by atoms with Gasteiger partial charge in [-0.3, -0.25) is 9.69 Å². The van der Waals surface area contributed by atoms with E-state index in [0.717, 1.165) is 25.7 Å². The molecule has 0 bridgehead atoms. The second-order valence-electron chi connectivity index (χ2n) is 6.44. The number of rotatable bonds is 4. The number of carbonyl (C=O) groups excluding carboxylic acids is 1. The molecule has 1 aromatic rings. The molecular formula is C17H23ClFNO. The molecule has 4 heteroatoms. The number of Topliss-reactive ketones (excluding diaryl/α,β-unsaturated/α-hetero) is 1. The Morgan fingerprint density at radius 1 is 1.38 bits per heavy atom. The molecule has 0 saturated heterocycles. The summed E-state index contributed by atoms with van der Waals surface area (Å²) in [6.07, 6.45) is 3.94. The van der Waals surface area contributed by atoms with Gasteiger partial charge in [0.1, 0.15) is 5.82 Å². The maximum atomic E-state index is 13.9. The molecule has 1 fully saturated rings. The minimum atomic E-state index is -0.446. The van der Waals surface area contributed by atoms with Gasteiger partial charge in [-0.15, -0.1) is 0 Å². The van der Waals surface area contributed by atoms with E-state index in [4.69, 9.17) is 11.6 Å². The van der Waals surface area contributed by atoms with Crippen molar-refractivity contribution in [2.45, 2.75) is 44.6 Å². The summed E-state index contributed by atoms with van der Waals surface area (Å²) in [5.74, 6) is 0.382. The first-order valence-corrected chi connectivity index (χ1v) is 7.87. The summed E-state index contributed by atoms with van der Waals surface area (Å²) in [5, 5.41) is 0.359. The lowest BCUT2D eigenvalue weighted by molar-refractivity contribution is -0.131. The third-order valence-corrected chi connectivity index (χ3v) is 5.08. The maximum absolute atomic E-state index is 13.9. The predicted molar refractivity (Wildman–Crippen MR) is 84.2 cm³/mol. The van der Waals surface area contributed by atoms with Crippen LogP contribution in [0.15, 0.2) is 18.2 Å². The van der Waals surface area contributed by atoms with Gasteiger partial charge in [0.15, 0.2) is 5.78 Å². The molecule has 0 amide bonds. The molecule has 1 aliphatic carbocycles. The standard InChI is InChI=1S/C17H23ClFNO/c1-12-6-8-17(9-7-12,20(2)3)16(21)10-13-4-5-14(18)11-15(13)19/h4-5,11-12H,6-10H2,1-3H3. The Morgan fingerprint density at radius 2 is 2.00 bits per heavy atom. The third kappa shape index (κ3) is 3.46. The molecule has 21 heavy (non-hydrogen) atoms. The van der Waals surface area contributed by atoms with Gasteiger partial charge in [-0.25, -0.2) is 4.39 Å². The lowest BCUT2D eigenvalue weighted by Crippen LogP contribution is -2.53. The van der Waals surface area contributed by atoms with Crippen LogP contribution in [-0.4, -0.2) is 30.3 Å². The molecule has 0 heterocycles. The fourth-order valence-corrected chi connectivity index (χ4v) is 3.38. The molecule has 1 aromatic carbocycles. The van der Waals surface area contributed by atoms with Gasteiger partial charge in [0.05, 0.1) is 5.54 Å². The minimum Gasteiger partial charge on any atom is -0.297 e. The highest BCUT2D eigenvalue weighted by Gasteiger charge is 2.42. The topological polar surface area (TPSA) is 20.3 Å². The first-order valence-electron chi connectivity index (χ1n) is 7.50. The number of benzene rings is 1. The van der Waals surface area contributed by atoms with Gasteiger partial charge >= 0.3 is 0 Å². The quantitative estimate of drug-likeness (QED) is 0.834. The number of nitrogens with zero attached hydrogens (tertiary/aromatic N) is 1. The van der Waals surface area contributed by atoms with Gasteiger partial charge in [-0.2, -0.15) is 0 Å². The Kier molecular flexibility index (Phi) is 5.05. The van der Waals surface area contributed by atoms with Crippen molar-refractivity contribution >= 4 is 17.4 Å². The van der Waals surface area contributed by atoms with E-state index in [1.54, 1.807) is 12.1 Å². The summed E-state index contributed by atoms with van der Waals surface area (Å²) in [5.41, 5.74) is -0.0114. The van der Waals surface area contributed by atoms with Crippen LogP contribution >= 0.6 is 11.6 Å². The highest BCUT2D eigenvalue weighted by Crippen LogP contribution is 2.36. The van der Waals surface area contributed by atoms with E-state index in [-0.39, 0.29) is 12.2 Å². The molecule has 1 saturated carbocycles. The van der Waals surface area contributed by atoms with E-state index in [2.05, 4.69) is 6.92 Å². The Bertz CT molecular complexity index is 522. The highest BCUT2D eigenvalue weighted by molar-refractivity contribution is 6.30. The first-order chi connectivity index (χ1) is 9.85. The van der Waals surface area contributed by atoms with Crippen molar-refractivity contribution in [3.05, 3.63) is 34.6 Å². The SMILES string of the molecule is CC1CCC(C(=O)Cc2ccc(Cl)cc2F)(N(C)C)CC1. The summed E-state index contributed by atoms with van der Waals surface area (Å²) < 4.78 is 13.9. The van der Waals surface area contributed by atoms with Crippen LogP contribution in [0.5, 0.6) is 0 Å². The van der Waals surface area contributed by atoms with E-state index in [1.807, 2.05) is 19.0 Å². The molecule has 0 atom stereocenters. The summed E-state index contributed by atoms with van der Waals surface area (Å²) in [7, 11) is 3.90. The van der Waals surface area contributed by atoms with Crippen LogP contribution in [0.3, 0.4) is 0 Å². The minimum absolute atomic E-state index is 0.112. The molecule has 2 rings (SSSR count). The lowest BCUT2D eigenvalue weighted by Gasteiger charge is -2.43. The first kappa shape index (κ1) is 16.4. The molecule has 2 nitrogen and oxygen atoms in total. The summed E-state index contributed by atoms with van der Waals surface area (Å²) in [6.45, 7) is 2.23. The number of carbonyl (C=O) groups is 1. The van der Waals surface area contributed by atoms with Crippen molar-refractivity contribution in [1.82, 2.24) is 4.90 Å². The largest absolute Gasteiger partial charge is 0.297 e. The van der Waals surface area contributed by atoms with Gasteiger partial charge in [0.2, 0.25) is 0 Å². The zero-order chi connectivity index (χ0) is 15.6. The molecule has 0 aliphatic heterocycles. The van der Waals surface area contributed by atoms with Gasteiger partial charge in [-0.05, 0) is 63.4 Å². The average Bonchev–Trinajstić information content (AvgIpc) is 2.42. The normalized spacial score (nSPS) is 26.1. The van der Waals surface area contributed by atoms with E-state index < -0.39 is 11.4 Å². The van der Waals surface area contributed by atoms with Crippen molar-refractivity contribution in [1.29, 1.82) is 0 Å². The van der Waals surface area contributed by atoms with Crippen LogP contribution in [0.2, 0.25) is 5.02 Å². The number of likely N-dealkylation sites (N-methyl/N-ethyl adjacent to an activating group) is 1. The van der Waals surface area contributed by atoms with E-state index in [1.165, 1.54) is 6.07 Å². The Labute approximate surface area is 131 Å². The third-order valence-electron chi connectivity index (χ3n) is 4.84. The van der Waals surface area contributed by atoms with Crippen LogP contribution < -0.4 is 0 Å². The zero-order valence-electron chi connectivity index (χ0n) is 13.0. The second kappa shape index (κ2) is 6.45. The Hall–Kier alpha value is -0.930. The molecule has 0 spiro atoms. The van der Waals surface area contributed by atoms with Crippen LogP contribution in [-0.2, 0) is 11.2 Å². The molecule has 116 valence electrons. The maximum Gasteiger partial charge on any atom is 0.157 e. The molecule has 0 unspecified atom stereocenters. The van der Waals surface area contributed by atoms with Gasteiger partial charge in [0.25, 0.3) is 0 Å². The fraction of sp³-hybridized carbons (Fsp3) is 0.588. The molecular weight excluding hydrogens is 289 g/mol. The second-order valence-corrected chi connectivity index (χ2v) is 6.88. The summed E-state index contributed by atoms with van der Waals surface area (Å²) in [6, 6.07) is 4.53. The van der Waals surface area contributed by atoms with Crippen LogP contribution in [0.4, 0.5) is 4.39 Å². The lowest BCUT2D eigenvalue weighted by atomic mass is 9.72. The number of halogens is 2. The Balaban J connectivity index is 2.20. The average molecular weight is 312 g/mol.